The molecule has 1 atom stereocenters. The SMILES string of the molecule is COc1ccc(C(N)c2cc(C)ccc2F)cc1F. The second kappa shape index (κ2) is 5.36. The van der Waals surface area contributed by atoms with E-state index in [0.29, 0.717) is 11.1 Å². The molecule has 0 saturated carbocycles. The second-order valence-electron chi connectivity index (χ2n) is 4.40. The molecule has 0 spiro atoms. The summed E-state index contributed by atoms with van der Waals surface area (Å²) >= 11 is 0. The molecule has 0 aromatic heterocycles. The topological polar surface area (TPSA) is 35.2 Å². The van der Waals surface area contributed by atoms with Crippen LogP contribution in [-0.2, 0) is 0 Å². The van der Waals surface area contributed by atoms with Crippen LogP contribution < -0.4 is 10.5 Å². The van der Waals surface area contributed by atoms with E-state index in [0.717, 1.165) is 5.56 Å². The normalized spacial score (nSPS) is 12.3. The highest BCUT2D eigenvalue weighted by molar-refractivity contribution is 5.38. The molecular formula is C15H15F2NO. The van der Waals surface area contributed by atoms with Gasteiger partial charge in [-0.05, 0) is 30.7 Å². The molecule has 0 aliphatic carbocycles. The number of methoxy groups -OCH3 is 1. The minimum atomic E-state index is -0.708. The van der Waals surface area contributed by atoms with E-state index in [1.165, 1.54) is 25.3 Å². The van der Waals surface area contributed by atoms with Crippen LogP contribution >= 0.6 is 0 Å². The third-order valence-electron chi connectivity index (χ3n) is 3.02. The van der Waals surface area contributed by atoms with Crippen molar-refractivity contribution in [3.63, 3.8) is 0 Å². The molecule has 2 rings (SSSR count). The third kappa shape index (κ3) is 2.74. The van der Waals surface area contributed by atoms with E-state index in [2.05, 4.69) is 0 Å². The Kier molecular flexibility index (Phi) is 3.81. The lowest BCUT2D eigenvalue weighted by atomic mass is 9.97. The van der Waals surface area contributed by atoms with Gasteiger partial charge in [-0.15, -0.1) is 0 Å². The number of rotatable bonds is 3. The lowest BCUT2D eigenvalue weighted by Crippen LogP contribution is -2.14. The van der Waals surface area contributed by atoms with Crippen LogP contribution in [0, 0.1) is 18.6 Å². The van der Waals surface area contributed by atoms with Gasteiger partial charge in [-0.3, -0.25) is 0 Å². The molecule has 0 aliphatic heterocycles. The molecule has 0 aliphatic rings. The molecule has 0 saturated heterocycles. The van der Waals surface area contributed by atoms with Crippen molar-refractivity contribution in [1.29, 1.82) is 0 Å². The summed E-state index contributed by atoms with van der Waals surface area (Å²) in [4.78, 5) is 0. The molecule has 0 amide bonds. The largest absolute Gasteiger partial charge is 0.494 e. The highest BCUT2D eigenvalue weighted by atomic mass is 19.1. The van der Waals surface area contributed by atoms with E-state index in [4.69, 9.17) is 10.5 Å². The maximum atomic E-state index is 13.8. The summed E-state index contributed by atoms with van der Waals surface area (Å²) in [5.74, 6) is -0.765. The van der Waals surface area contributed by atoms with E-state index in [9.17, 15) is 8.78 Å². The molecule has 2 aromatic carbocycles. The summed E-state index contributed by atoms with van der Waals surface area (Å²) in [6.45, 7) is 1.85. The number of hydrogen-bond donors (Lipinski definition) is 1. The molecule has 1 unspecified atom stereocenters. The van der Waals surface area contributed by atoms with Crippen molar-refractivity contribution in [2.75, 3.05) is 7.11 Å². The molecule has 100 valence electrons. The second-order valence-corrected chi connectivity index (χ2v) is 4.40. The van der Waals surface area contributed by atoms with Gasteiger partial charge in [0.2, 0.25) is 0 Å². The summed E-state index contributed by atoms with van der Waals surface area (Å²) in [6, 6.07) is 8.38. The first-order chi connectivity index (χ1) is 9.02. The molecule has 19 heavy (non-hydrogen) atoms. The Balaban J connectivity index is 2.41. The van der Waals surface area contributed by atoms with Crippen molar-refractivity contribution in [3.05, 3.63) is 64.7 Å². The molecule has 2 nitrogen and oxygen atoms in total. The lowest BCUT2D eigenvalue weighted by Gasteiger charge is -2.15. The van der Waals surface area contributed by atoms with Gasteiger partial charge in [0.1, 0.15) is 5.82 Å². The van der Waals surface area contributed by atoms with Crippen molar-refractivity contribution in [3.8, 4) is 5.75 Å². The molecule has 0 fully saturated rings. The van der Waals surface area contributed by atoms with Crippen molar-refractivity contribution in [1.82, 2.24) is 0 Å². The van der Waals surface area contributed by atoms with Gasteiger partial charge in [0.15, 0.2) is 11.6 Å². The fourth-order valence-corrected chi connectivity index (χ4v) is 1.96. The van der Waals surface area contributed by atoms with Crippen molar-refractivity contribution >= 4 is 0 Å². The van der Waals surface area contributed by atoms with Gasteiger partial charge in [0.05, 0.1) is 13.2 Å². The predicted octanol–water partition coefficient (Wildman–Crippen LogP) is 3.33. The van der Waals surface area contributed by atoms with Crippen LogP contribution in [-0.4, -0.2) is 7.11 Å². The van der Waals surface area contributed by atoms with Crippen LogP contribution in [0.1, 0.15) is 22.7 Å². The predicted molar refractivity (Wildman–Crippen MR) is 70.1 cm³/mol. The molecule has 0 heterocycles. The third-order valence-corrected chi connectivity index (χ3v) is 3.02. The standard InChI is InChI=1S/C15H15F2NO/c1-9-3-5-12(16)11(7-9)15(18)10-4-6-14(19-2)13(17)8-10/h3-8,15H,18H2,1-2H3. The Morgan fingerprint density at radius 1 is 1.05 bits per heavy atom. The van der Waals surface area contributed by atoms with E-state index < -0.39 is 17.7 Å². The minimum Gasteiger partial charge on any atom is -0.494 e. The van der Waals surface area contributed by atoms with Gasteiger partial charge >= 0.3 is 0 Å². The van der Waals surface area contributed by atoms with Gasteiger partial charge in [0, 0.05) is 5.56 Å². The van der Waals surface area contributed by atoms with Crippen molar-refractivity contribution in [2.45, 2.75) is 13.0 Å². The van der Waals surface area contributed by atoms with Crippen molar-refractivity contribution in [2.24, 2.45) is 5.73 Å². The molecule has 2 aromatic rings. The Morgan fingerprint density at radius 3 is 2.42 bits per heavy atom. The summed E-state index contributed by atoms with van der Waals surface area (Å²) in [5, 5.41) is 0. The molecule has 0 bridgehead atoms. The summed E-state index contributed by atoms with van der Waals surface area (Å²) in [7, 11) is 1.39. The van der Waals surface area contributed by atoms with Crippen molar-refractivity contribution < 1.29 is 13.5 Å². The Hall–Kier alpha value is -1.94. The summed E-state index contributed by atoms with van der Waals surface area (Å²) in [5.41, 5.74) is 7.76. The number of halogens is 2. The Bertz CT molecular complexity index is 599. The van der Waals surface area contributed by atoms with Crippen LogP contribution in [0.5, 0.6) is 5.75 Å². The molecule has 4 heteroatoms. The van der Waals surface area contributed by atoms with Crippen LogP contribution in [0.3, 0.4) is 0 Å². The summed E-state index contributed by atoms with van der Waals surface area (Å²) < 4.78 is 32.2. The minimum absolute atomic E-state index is 0.140. The van der Waals surface area contributed by atoms with Gasteiger partial charge in [-0.2, -0.15) is 0 Å². The van der Waals surface area contributed by atoms with Crippen LogP contribution in [0.4, 0.5) is 8.78 Å². The van der Waals surface area contributed by atoms with E-state index in [-0.39, 0.29) is 5.75 Å². The average molecular weight is 263 g/mol. The summed E-state index contributed by atoms with van der Waals surface area (Å²) in [6.07, 6.45) is 0. The maximum absolute atomic E-state index is 13.8. The monoisotopic (exact) mass is 263 g/mol. The highest BCUT2D eigenvalue weighted by Crippen LogP contribution is 2.26. The Morgan fingerprint density at radius 2 is 1.79 bits per heavy atom. The zero-order valence-electron chi connectivity index (χ0n) is 10.8. The van der Waals surface area contributed by atoms with Crippen LogP contribution in [0.25, 0.3) is 0 Å². The van der Waals surface area contributed by atoms with E-state index in [1.807, 2.05) is 6.92 Å². The van der Waals surface area contributed by atoms with Crippen LogP contribution in [0.15, 0.2) is 36.4 Å². The molecule has 2 N–H and O–H groups in total. The Labute approximate surface area is 110 Å². The number of hydrogen-bond acceptors (Lipinski definition) is 2. The number of nitrogens with two attached hydrogens (primary N) is 1. The maximum Gasteiger partial charge on any atom is 0.165 e. The first kappa shape index (κ1) is 13.5. The van der Waals surface area contributed by atoms with E-state index in [1.54, 1.807) is 18.2 Å². The van der Waals surface area contributed by atoms with Gasteiger partial charge < -0.3 is 10.5 Å². The zero-order chi connectivity index (χ0) is 14.0. The average Bonchev–Trinajstić information content (AvgIpc) is 2.40. The number of benzene rings is 2. The fraction of sp³-hybridized carbons (Fsp3) is 0.200. The highest BCUT2D eigenvalue weighted by Gasteiger charge is 2.15. The first-order valence-electron chi connectivity index (χ1n) is 5.88. The molecule has 0 radical (unpaired) electrons. The van der Waals surface area contributed by atoms with E-state index >= 15 is 0 Å². The van der Waals surface area contributed by atoms with Gasteiger partial charge in [0.25, 0.3) is 0 Å². The van der Waals surface area contributed by atoms with Gasteiger partial charge in [-0.25, -0.2) is 8.78 Å². The number of ether oxygens (including phenoxy) is 1. The fourth-order valence-electron chi connectivity index (χ4n) is 1.96. The first-order valence-corrected chi connectivity index (χ1v) is 5.88. The van der Waals surface area contributed by atoms with Gasteiger partial charge in [-0.1, -0.05) is 23.8 Å². The zero-order valence-corrected chi connectivity index (χ0v) is 10.8. The molecular weight excluding hydrogens is 248 g/mol. The van der Waals surface area contributed by atoms with Crippen LogP contribution in [0.2, 0.25) is 0 Å². The smallest absolute Gasteiger partial charge is 0.165 e. The lowest BCUT2D eigenvalue weighted by molar-refractivity contribution is 0.386. The quantitative estimate of drug-likeness (QED) is 0.921. The number of aryl methyl sites for hydroxylation is 1.